The average Bonchev–Trinajstić information content (AvgIpc) is 3.63. The van der Waals surface area contributed by atoms with Gasteiger partial charge >= 0.3 is 0 Å². The number of rotatable bonds is 21. The van der Waals surface area contributed by atoms with Crippen molar-refractivity contribution in [2.75, 3.05) is 32.8 Å². The number of aliphatic hydroxyl groups is 1. The van der Waals surface area contributed by atoms with Gasteiger partial charge < -0.3 is 40.7 Å². The van der Waals surface area contributed by atoms with E-state index in [1.807, 2.05) is 18.3 Å². The van der Waals surface area contributed by atoms with Crippen molar-refractivity contribution in [2.24, 2.45) is 5.73 Å². The molecule has 3 aromatic rings. The summed E-state index contributed by atoms with van der Waals surface area (Å²) in [6.07, 6.45) is 10.2. The van der Waals surface area contributed by atoms with Crippen LogP contribution < -0.4 is 21.1 Å². The highest BCUT2D eigenvalue weighted by atomic mass is 16.5. The van der Waals surface area contributed by atoms with Crippen LogP contribution >= 0.6 is 0 Å². The number of furan rings is 1. The number of aromatic hydroxyl groups is 1. The number of phenolic OH excluding ortho intramolecular Hbond substituents is 1. The maximum absolute atomic E-state index is 10.5. The molecule has 0 aliphatic carbocycles. The molecule has 228 valence electrons. The number of aromatic nitrogens is 1. The smallest absolute Gasteiger partial charge is 0.161 e. The first-order valence-corrected chi connectivity index (χ1v) is 15.4. The van der Waals surface area contributed by atoms with Crippen molar-refractivity contribution in [3.8, 4) is 11.5 Å². The van der Waals surface area contributed by atoms with Gasteiger partial charge in [0.2, 0.25) is 0 Å². The molecule has 3 rings (SSSR count). The SMILES string of the molecule is CCN[C@@H](COc1cc(CCc2ccc(CCCCCCCN)o2)ccc1O)c1cc([C@H](C)CNC[C@H](C)O)c[nH]1. The van der Waals surface area contributed by atoms with Crippen LogP contribution in [0.1, 0.15) is 93.2 Å². The monoisotopic (exact) mass is 568 g/mol. The van der Waals surface area contributed by atoms with Gasteiger partial charge in [0.25, 0.3) is 0 Å². The summed E-state index contributed by atoms with van der Waals surface area (Å²) >= 11 is 0. The molecule has 0 aliphatic rings. The molecule has 0 fully saturated rings. The van der Waals surface area contributed by atoms with Gasteiger partial charge in [0, 0.05) is 37.8 Å². The Kier molecular flexibility index (Phi) is 14.3. The van der Waals surface area contributed by atoms with Crippen LogP contribution in [0.25, 0.3) is 0 Å². The topological polar surface area (TPSA) is 129 Å². The minimum absolute atomic E-state index is 0.0448. The van der Waals surface area contributed by atoms with Crippen molar-refractivity contribution in [1.29, 1.82) is 0 Å². The Bertz CT molecular complexity index is 1130. The fraction of sp³-hybridized carbons (Fsp3) is 0.576. The number of aromatic amines is 1. The molecule has 8 heteroatoms. The van der Waals surface area contributed by atoms with E-state index < -0.39 is 0 Å². The maximum atomic E-state index is 10.5. The molecular formula is C33H52N4O4. The number of hydrogen-bond acceptors (Lipinski definition) is 7. The van der Waals surface area contributed by atoms with Crippen LogP contribution in [0.3, 0.4) is 0 Å². The summed E-state index contributed by atoms with van der Waals surface area (Å²) in [6, 6.07) is 11.9. The Morgan fingerprint density at radius 3 is 2.46 bits per heavy atom. The summed E-state index contributed by atoms with van der Waals surface area (Å²) in [7, 11) is 0. The van der Waals surface area contributed by atoms with Crippen molar-refractivity contribution in [3.05, 3.63) is 70.9 Å². The lowest BCUT2D eigenvalue weighted by molar-refractivity contribution is 0.191. The molecule has 7 N–H and O–H groups in total. The zero-order chi connectivity index (χ0) is 29.5. The van der Waals surface area contributed by atoms with Crippen LogP contribution in [0.4, 0.5) is 0 Å². The number of benzene rings is 1. The molecular weight excluding hydrogens is 516 g/mol. The second-order valence-corrected chi connectivity index (χ2v) is 11.2. The Morgan fingerprint density at radius 1 is 0.951 bits per heavy atom. The van der Waals surface area contributed by atoms with Crippen molar-refractivity contribution < 1.29 is 19.4 Å². The van der Waals surface area contributed by atoms with E-state index in [2.05, 4.69) is 47.7 Å². The largest absolute Gasteiger partial charge is 0.504 e. The number of aliphatic hydroxyl groups excluding tert-OH is 1. The van der Waals surface area contributed by atoms with Crippen LogP contribution in [0.2, 0.25) is 0 Å². The number of aryl methyl sites for hydroxylation is 3. The third-order valence-corrected chi connectivity index (χ3v) is 7.45. The number of ether oxygens (including phenoxy) is 1. The molecule has 2 aromatic heterocycles. The highest BCUT2D eigenvalue weighted by Crippen LogP contribution is 2.29. The molecule has 41 heavy (non-hydrogen) atoms. The molecule has 0 aliphatic heterocycles. The van der Waals surface area contributed by atoms with E-state index in [4.69, 9.17) is 14.9 Å². The quantitative estimate of drug-likeness (QED) is 0.0956. The predicted octanol–water partition coefficient (Wildman–Crippen LogP) is 5.35. The summed E-state index contributed by atoms with van der Waals surface area (Å²) in [5.74, 6) is 2.98. The van der Waals surface area contributed by atoms with Gasteiger partial charge in [0.1, 0.15) is 18.1 Å². The van der Waals surface area contributed by atoms with Gasteiger partial charge in [-0.1, -0.05) is 39.2 Å². The molecule has 8 nitrogen and oxygen atoms in total. The van der Waals surface area contributed by atoms with E-state index in [1.165, 1.54) is 24.8 Å². The van der Waals surface area contributed by atoms with Crippen molar-refractivity contribution in [1.82, 2.24) is 15.6 Å². The first-order chi connectivity index (χ1) is 19.9. The third kappa shape index (κ3) is 11.6. The number of nitrogens with one attached hydrogen (secondary N) is 3. The van der Waals surface area contributed by atoms with E-state index in [0.717, 1.165) is 74.5 Å². The molecule has 3 atom stereocenters. The van der Waals surface area contributed by atoms with Gasteiger partial charge in [-0.15, -0.1) is 0 Å². The molecule has 0 amide bonds. The molecule has 0 bridgehead atoms. The Balaban J connectivity index is 1.50. The summed E-state index contributed by atoms with van der Waals surface area (Å²) in [4.78, 5) is 3.40. The predicted molar refractivity (Wildman–Crippen MR) is 166 cm³/mol. The van der Waals surface area contributed by atoms with E-state index in [1.54, 1.807) is 13.0 Å². The second kappa shape index (κ2) is 17.9. The van der Waals surface area contributed by atoms with Crippen molar-refractivity contribution >= 4 is 0 Å². The van der Waals surface area contributed by atoms with Gasteiger partial charge in [0.15, 0.2) is 11.5 Å². The van der Waals surface area contributed by atoms with Crippen LogP contribution in [0.5, 0.6) is 11.5 Å². The molecule has 0 unspecified atom stereocenters. The van der Waals surface area contributed by atoms with Crippen LogP contribution in [-0.4, -0.2) is 54.1 Å². The van der Waals surface area contributed by atoms with Crippen LogP contribution in [0.15, 0.2) is 47.0 Å². The molecule has 0 radical (unpaired) electrons. The fourth-order valence-electron chi connectivity index (χ4n) is 4.98. The van der Waals surface area contributed by atoms with Gasteiger partial charge in [0.05, 0.1) is 12.1 Å². The van der Waals surface area contributed by atoms with Crippen LogP contribution in [-0.2, 0) is 19.3 Å². The lowest BCUT2D eigenvalue weighted by atomic mass is 10.0. The lowest BCUT2D eigenvalue weighted by Gasteiger charge is -2.18. The first kappa shape index (κ1) is 32.7. The standard InChI is InChI=1S/C33H52N4O4/c1-4-36-31(30-19-27(22-37-30)24(2)20-35-21-25(3)38)23-40-33-18-26(12-16-32(33)39)11-13-29-15-14-28(41-29)10-8-6-5-7-9-17-34/h12,14-16,18-19,22,24-25,31,35-39H,4-11,13,17,20-21,23,34H2,1-3H3/t24-,25+,31+/m1/s1. The normalized spacial score (nSPS) is 13.8. The summed E-state index contributed by atoms with van der Waals surface area (Å²) < 4.78 is 12.2. The Morgan fingerprint density at radius 2 is 1.71 bits per heavy atom. The number of phenols is 1. The van der Waals surface area contributed by atoms with Gasteiger partial charge in [-0.3, -0.25) is 0 Å². The first-order valence-electron chi connectivity index (χ1n) is 15.4. The average molecular weight is 569 g/mol. The lowest BCUT2D eigenvalue weighted by Crippen LogP contribution is -2.28. The Hall–Kier alpha value is -2.78. The van der Waals surface area contributed by atoms with Crippen LogP contribution in [0, 0.1) is 0 Å². The number of unbranched alkanes of at least 4 members (excludes halogenated alkanes) is 4. The minimum atomic E-state index is -0.357. The number of H-pyrrole nitrogens is 1. The van der Waals surface area contributed by atoms with Gasteiger partial charge in [-0.05, 0) is 86.7 Å². The van der Waals surface area contributed by atoms with E-state index in [-0.39, 0.29) is 17.9 Å². The summed E-state index contributed by atoms with van der Waals surface area (Å²) in [5.41, 5.74) is 8.91. The molecule has 0 spiro atoms. The molecule has 1 aromatic carbocycles. The molecule has 0 saturated carbocycles. The number of nitrogens with two attached hydrogens (primary N) is 1. The second-order valence-electron chi connectivity index (χ2n) is 11.2. The fourth-order valence-corrected chi connectivity index (χ4v) is 4.98. The zero-order valence-corrected chi connectivity index (χ0v) is 25.3. The van der Waals surface area contributed by atoms with E-state index >= 15 is 0 Å². The maximum Gasteiger partial charge on any atom is 0.161 e. The van der Waals surface area contributed by atoms with Gasteiger partial charge in [-0.2, -0.15) is 0 Å². The van der Waals surface area contributed by atoms with Gasteiger partial charge in [-0.25, -0.2) is 0 Å². The third-order valence-electron chi connectivity index (χ3n) is 7.45. The van der Waals surface area contributed by atoms with E-state index in [9.17, 15) is 10.2 Å². The minimum Gasteiger partial charge on any atom is -0.504 e. The van der Waals surface area contributed by atoms with E-state index in [0.29, 0.717) is 24.8 Å². The highest BCUT2D eigenvalue weighted by Gasteiger charge is 2.17. The number of hydrogen-bond donors (Lipinski definition) is 6. The Labute approximate surface area is 246 Å². The molecule has 0 saturated heterocycles. The zero-order valence-electron chi connectivity index (χ0n) is 25.3. The number of likely N-dealkylation sites (N-methyl/N-ethyl adjacent to an activating group) is 1. The highest BCUT2D eigenvalue weighted by molar-refractivity contribution is 5.42. The van der Waals surface area contributed by atoms with Crippen molar-refractivity contribution in [2.45, 2.75) is 90.2 Å². The summed E-state index contributed by atoms with van der Waals surface area (Å²) in [6.45, 7) is 9.35. The molecule has 2 heterocycles. The summed E-state index contributed by atoms with van der Waals surface area (Å²) in [5, 5.41) is 26.8. The van der Waals surface area contributed by atoms with Crippen molar-refractivity contribution in [3.63, 3.8) is 0 Å².